The molecule has 0 aliphatic rings. The van der Waals surface area contributed by atoms with Crippen LogP contribution < -0.4 is 11.0 Å². The second-order valence-corrected chi connectivity index (χ2v) is 4.62. The minimum atomic E-state index is -0.175. The molecule has 2 heterocycles. The molecule has 0 saturated carbocycles. The molecular weight excluding hydrogens is 242 g/mol. The van der Waals surface area contributed by atoms with Crippen LogP contribution >= 0.6 is 0 Å². The monoisotopic (exact) mass is 257 g/mol. The van der Waals surface area contributed by atoms with E-state index in [2.05, 4.69) is 22.2 Å². The first-order valence-electron chi connectivity index (χ1n) is 6.19. The van der Waals surface area contributed by atoms with Crippen molar-refractivity contribution in [2.45, 2.75) is 19.5 Å². The molecule has 0 radical (unpaired) electrons. The Balaban J connectivity index is 1.77. The van der Waals surface area contributed by atoms with E-state index in [-0.39, 0.29) is 11.7 Å². The van der Waals surface area contributed by atoms with Gasteiger partial charge < -0.3 is 19.7 Å². The summed E-state index contributed by atoms with van der Waals surface area (Å²) < 4.78 is 5.03. The van der Waals surface area contributed by atoms with Crippen molar-refractivity contribution in [2.75, 3.05) is 0 Å². The quantitative estimate of drug-likeness (QED) is 0.671. The van der Waals surface area contributed by atoms with Gasteiger partial charge in [-0.15, -0.1) is 0 Å². The summed E-state index contributed by atoms with van der Waals surface area (Å²) in [5, 5.41) is 3.41. The van der Waals surface area contributed by atoms with E-state index in [1.165, 1.54) is 0 Å². The summed E-state index contributed by atoms with van der Waals surface area (Å²) in [6, 6.07) is 8.04. The Morgan fingerprint density at radius 2 is 2.11 bits per heavy atom. The van der Waals surface area contributed by atoms with E-state index in [1.807, 2.05) is 24.3 Å². The first-order valence-corrected chi connectivity index (χ1v) is 6.19. The minimum Gasteiger partial charge on any atom is -0.472 e. The third kappa shape index (κ3) is 2.46. The molecule has 5 nitrogen and oxygen atoms in total. The van der Waals surface area contributed by atoms with Crippen LogP contribution in [0.4, 0.5) is 0 Å². The molecule has 1 aromatic carbocycles. The van der Waals surface area contributed by atoms with Gasteiger partial charge in [-0.25, -0.2) is 4.79 Å². The molecule has 19 heavy (non-hydrogen) atoms. The van der Waals surface area contributed by atoms with Gasteiger partial charge in [0, 0.05) is 18.2 Å². The number of H-pyrrole nitrogens is 2. The van der Waals surface area contributed by atoms with Crippen molar-refractivity contribution >= 4 is 11.0 Å². The van der Waals surface area contributed by atoms with Crippen LogP contribution in [0.2, 0.25) is 0 Å². The van der Waals surface area contributed by atoms with Crippen molar-refractivity contribution in [1.82, 2.24) is 15.3 Å². The number of nitrogens with one attached hydrogen (secondary N) is 3. The highest BCUT2D eigenvalue weighted by atomic mass is 16.3. The molecule has 0 saturated heterocycles. The highest BCUT2D eigenvalue weighted by molar-refractivity contribution is 5.75. The Bertz CT molecular complexity index is 725. The number of hydrogen-bond donors (Lipinski definition) is 3. The van der Waals surface area contributed by atoms with Crippen LogP contribution in [0.5, 0.6) is 0 Å². The zero-order chi connectivity index (χ0) is 13.2. The van der Waals surface area contributed by atoms with Crippen LogP contribution in [0, 0.1) is 0 Å². The van der Waals surface area contributed by atoms with Crippen LogP contribution in [0.3, 0.4) is 0 Å². The molecular formula is C14H15N3O2. The van der Waals surface area contributed by atoms with Crippen LogP contribution in [0.1, 0.15) is 24.1 Å². The number of aromatic amines is 2. The van der Waals surface area contributed by atoms with Gasteiger partial charge in [0.1, 0.15) is 0 Å². The summed E-state index contributed by atoms with van der Waals surface area (Å²) in [7, 11) is 0. The first-order chi connectivity index (χ1) is 9.22. The Morgan fingerprint density at radius 1 is 1.26 bits per heavy atom. The fraction of sp³-hybridized carbons (Fsp3) is 0.214. The van der Waals surface area contributed by atoms with Crippen LogP contribution in [-0.4, -0.2) is 9.97 Å². The molecule has 2 aromatic heterocycles. The third-order valence-corrected chi connectivity index (χ3v) is 3.23. The predicted molar refractivity (Wildman–Crippen MR) is 72.9 cm³/mol. The Hall–Kier alpha value is -2.27. The largest absolute Gasteiger partial charge is 0.472 e. The van der Waals surface area contributed by atoms with Gasteiger partial charge in [-0.1, -0.05) is 6.07 Å². The zero-order valence-corrected chi connectivity index (χ0v) is 10.6. The summed E-state index contributed by atoms with van der Waals surface area (Å²) in [5.74, 6) is 0. The Labute approximate surface area is 109 Å². The summed E-state index contributed by atoms with van der Waals surface area (Å²) >= 11 is 0. The molecule has 0 fully saturated rings. The lowest BCUT2D eigenvalue weighted by Crippen LogP contribution is -2.17. The zero-order valence-electron chi connectivity index (χ0n) is 10.6. The minimum absolute atomic E-state index is 0.175. The summed E-state index contributed by atoms with van der Waals surface area (Å²) in [4.78, 5) is 16.7. The average molecular weight is 257 g/mol. The van der Waals surface area contributed by atoms with Crippen molar-refractivity contribution in [3.8, 4) is 0 Å². The molecule has 3 N–H and O–H groups in total. The third-order valence-electron chi connectivity index (χ3n) is 3.23. The van der Waals surface area contributed by atoms with Crippen LogP contribution in [-0.2, 0) is 6.54 Å². The number of benzene rings is 1. The molecule has 0 spiro atoms. The van der Waals surface area contributed by atoms with Crippen molar-refractivity contribution in [1.29, 1.82) is 0 Å². The summed E-state index contributed by atoms with van der Waals surface area (Å²) in [6.45, 7) is 2.84. The normalized spacial score (nSPS) is 12.9. The lowest BCUT2D eigenvalue weighted by Gasteiger charge is -2.13. The molecule has 98 valence electrons. The van der Waals surface area contributed by atoms with Crippen molar-refractivity contribution in [2.24, 2.45) is 0 Å². The molecule has 3 rings (SSSR count). The number of hydrogen-bond acceptors (Lipinski definition) is 3. The number of rotatable bonds is 4. The number of aromatic nitrogens is 2. The van der Waals surface area contributed by atoms with E-state index in [9.17, 15) is 4.79 Å². The molecule has 0 bridgehead atoms. The van der Waals surface area contributed by atoms with Crippen LogP contribution in [0.25, 0.3) is 11.0 Å². The molecule has 0 aliphatic heterocycles. The maximum Gasteiger partial charge on any atom is 0.323 e. The molecule has 1 unspecified atom stereocenters. The molecule has 5 heteroatoms. The van der Waals surface area contributed by atoms with E-state index >= 15 is 0 Å². The van der Waals surface area contributed by atoms with Gasteiger partial charge in [0.25, 0.3) is 0 Å². The van der Waals surface area contributed by atoms with Crippen LogP contribution in [0.15, 0.2) is 46.0 Å². The highest BCUT2D eigenvalue weighted by Gasteiger charge is 2.07. The van der Waals surface area contributed by atoms with Gasteiger partial charge in [-0.05, 0) is 30.7 Å². The molecule has 1 atom stereocenters. The van der Waals surface area contributed by atoms with Gasteiger partial charge in [-0.3, -0.25) is 0 Å². The van der Waals surface area contributed by atoms with E-state index in [4.69, 9.17) is 4.42 Å². The standard InChI is InChI=1S/C14H15N3O2/c1-9(15-7-10-4-5-19-8-10)11-2-3-12-13(6-11)17-14(18)16-12/h2-6,8-9,15H,7H2,1H3,(H2,16,17,18). The predicted octanol–water partition coefficient (Wildman–Crippen LogP) is 2.30. The highest BCUT2D eigenvalue weighted by Crippen LogP contribution is 2.17. The van der Waals surface area contributed by atoms with Crippen molar-refractivity contribution < 1.29 is 4.42 Å². The van der Waals surface area contributed by atoms with E-state index in [0.717, 1.165) is 28.7 Å². The Kier molecular flexibility index (Phi) is 2.97. The van der Waals surface area contributed by atoms with Crippen molar-refractivity contribution in [3.63, 3.8) is 0 Å². The van der Waals surface area contributed by atoms with Gasteiger partial charge in [0.15, 0.2) is 0 Å². The Morgan fingerprint density at radius 3 is 2.89 bits per heavy atom. The smallest absolute Gasteiger partial charge is 0.323 e. The van der Waals surface area contributed by atoms with Gasteiger partial charge in [-0.2, -0.15) is 0 Å². The summed E-state index contributed by atoms with van der Waals surface area (Å²) in [6.07, 6.45) is 3.39. The lowest BCUT2D eigenvalue weighted by atomic mass is 10.1. The van der Waals surface area contributed by atoms with E-state index < -0.39 is 0 Å². The molecule has 0 amide bonds. The van der Waals surface area contributed by atoms with E-state index in [0.29, 0.717) is 0 Å². The SMILES string of the molecule is CC(NCc1ccoc1)c1ccc2[nH]c(=O)[nH]c2c1. The number of imidazole rings is 1. The van der Waals surface area contributed by atoms with Gasteiger partial charge >= 0.3 is 5.69 Å². The second-order valence-electron chi connectivity index (χ2n) is 4.62. The van der Waals surface area contributed by atoms with Gasteiger partial charge in [0.2, 0.25) is 0 Å². The molecule has 0 aliphatic carbocycles. The van der Waals surface area contributed by atoms with Crippen molar-refractivity contribution in [3.05, 3.63) is 58.4 Å². The van der Waals surface area contributed by atoms with E-state index in [1.54, 1.807) is 12.5 Å². The molecule has 3 aromatic rings. The fourth-order valence-electron chi connectivity index (χ4n) is 2.10. The summed E-state index contributed by atoms with van der Waals surface area (Å²) in [5.41, 5.74) is 3.73. The maximum atomic E-state index is 11.2. The average Bonchev–Trinajstić information content (AvgIpc) is 3.02. The van der Waals surface area contributed by atoms with Gasteiger partial charge in [0.05, 0.1) is 23.6 Å². The fourth-order valence-corrected chi connectivity index (χ4v) is 2.10. The first kappa shape index (κ1) is 11.8. The maximum absolute atomic E-state index is 11.2. The second kappa shape index (κ2) is 4.78. The number of fused-ring (bicyclic) bond motifs is 1. The topological polar surface area (TPSA) is 73.8 Å². The lowest BCUT2D eigenvalue weighted by molar-refractivity contribution is 0.547. The number of furan rings is 1.